The number of methoxy groups -OCH3 is 1. The molecule has 3 fully saturated rings. The number of hydrogen-bond donors (Lipinski definition) is 3. The zero-order valence-electron chi connectivity index (χ0n) is 32.4. The molecule has 1 aliphatic heterocycles. The van der Waals surface area contributed by atoms with E-state index in [1.54, 1.807) is 20.1 Å². The van der Waals surface area contributed by atoms with Crippen LogP contribution in [0.15, 0.2) is 79.1 Å². The molecular weight excluding hydrogens is 719 g/mol. The number of nitrogens with one attached hydrogen (secondary N) is 3. The summed E-state index contributed by atoms with van der Waals surface area (Å²) in [5.41, 5.74) is 1.78. The first-order valence-corrected chi connectivity index (χ1v) is 20.8. The van der Waals surface area contributed by atoms with Crippen LogP contribution in [0.1, 0.15) is 66.2 Å². The molecule has 2 aromatic carbocycles. The molecule has 1 saturated heterocycles. The van der Waals surface area contributed by atoms with Crippen LogP contribution in [0.5, 0.6) is 11.5 Å². The Morgan fingerprint density at radius 3 is 2.47 bits per heavy atom. The molecule has 3 aliphatic rings. The van der Waals surface area contributed by atoms with Gasteiger partial charge in [-0.15, -0.1) is 6.58 Å². The number of nitrogens with zero attached hydrogens (tertiary/aromatic N) is 1. The molecule has 6 atom stereocenters. The number of fused-ring (bicyclic) bond motifs is 1. The molecule has 1 aromatic heterocycles. The van der Waals surface area contributed by atoms with E-state index < -0.39 is 48.3 Å². The summed E-state index contributed by atoms with van der Waals surface area (Å²) in [7, 11) is -2.25. The number of allylic oxidation sites excluding steroid dienone is 1. The van der Waals surface area contributed by atoms with Crippen molar-refractivity contribution in [3.05, 3.63) is 79.1 Å². The highest BCUT2D eigenvalue weighted by atomic mass is 31.2. The Bertz CT molecular complexity index is 1990. The lowest BCUT2D eigenvalue weighted by molar-refractivity contribution is -0.331. The Kier molecular flexibility index (Phi) is 11.9. The minimum Gasteiger partial charge on any atom is -0.497 e. The van der Waals surface area contributed by atoms with Gasteiger partial charge in [0.15, 0.2) is 5.78 Å². The average molecular weight is 774 g/mol. The molecule has 2 saturated carbocycles. The highest BCUT2D eigenvalue weighted by molar-refractivity contribution is 7.63. The number of hydrogen-bond acceptors (Lipinski definition) is 8. The summed E-state index contributed by atoms with van der Waals surface area (Å²) in [6, 6.07) is 15.4. The summed E-state index contributed by atoms with van der Waals surface area (Å²) in [5.74, 6) is 1.43. The summed E-state index contributed by atoms with van der Waals surface area (Å²) < 4.78 is 31.4. The Balaban J connectivity index is 1.31. The Morgan fingerprint density at radius 2 is 1.84 bits per heavy atom. The predicted molar refractivity (Wildman–Crippen MR) is 211 cm³/mol. The van der Waals surface area contributed by atoms with Crippen LogP contribution in [0.2, 0.25) is 0 Å². The summed E-state index contributed by atoms with van der Waals surface area (Å²) in [5, 5.41) is 5.52. The van der Waals surface area contributed by atoms with E-state index in [4.69, 9.17) is 14.2 Å². The average Bonchev–Trinajstić information content (AvgIpc) is 3.41. The number of ether oxygens (including phenoxy) is 3. The first-order chi connectivity index (χ1) is 26.2. The SMILES string of the molecule is C=C[C@@H]1C[C@]1(NCC(=O)[C@@H]1CC(Oc2cc(-c3ccccc3)[nH+]c3cc(OC)ccc23)CN1C(=O)[C@@H](NC(=O)OC1CCCC1)C(C)(C)C)P(=O)(O)/C=C/C. The van der Waals surface area contributed by atoms with Gasteiger partial charge in [-0.05, 0) is 74.5 Å². The van der Waals surface area contributed by atoms with Gasteiger partial charge in [-0.3, -0.25) is 19.5 Å². The van der Waals surface area contributed by atoms with E-state index in [9.17, 15) is 23.8 Å². The molecule has 55 heavy (non-hydrogen) atoms. The minimum absolute atomic E-state index is 0.0651. The van der Waals surface area contributed by atoms with Crippen LogP contribution in [0, 0.1) is 11.3 Å². The number of likely N-dealkylation sites (tertiary alicyclic amines) is 1. The van der Waals surface area contributed by atoms with Gasteiger partial charge in [-0.1, -0.05) is 51.1 Å². The zero-order valence-corrected chi connectivity index (χ0v) is 33.3. The molecule has 294 valence electrons. The molecule has 0 bridgehead atoms. The van der Waals surface area contributed by atoms with E-state index in [-0.39, 0.29) is 37.3 Å². The van der Waals surface area contributed by atoms with Crippen molar-refractivity contribution in [3.8, 4) is 22.8 Å². The van der Waals surface area contributed by atoms with Crippen molar-refractivity contribution in [3.63, 3.8) is 0 Å². The van der Waals surface area contributed by atoms with Crippen molar-refractivity contribution in [1.82, 2.24) is 15.5 Å². The Morgan fingerprint density at radius 1 is 1.11 bits per heavy atom. The smallest absolute Gasteiger partial charge is 0.408 e. The number of pyridine rings is 1. The van der Waals surface area contributed by atoms with Gasteiger partial charge in [0.05, 0.1) is 43.8 Å². The van der Waals surface area contributed by atoms with Gasteiger partial charge >= 0.3 is 6.09 Å². The van der Waals surface area contributed by atoms with Crippen LogP contribution in [0.4, 0.5) is 4.79 Å². The second-order valence-corrected chi connectivity index (χ2v) is 18.3. The van der Waals surface area contributed by atoms with Crippen LogP contribution in [0.3, 0.4) is 0 Å². The highest BCUT2D eigenvalue weighted by Gasteiger charge is 2.63. The number of ketones is 1. The number of carbonyl (C=O) groups is 3. The van der Waals surface area contributed by atoms with E-state index in [0.29, 0.717) is 17.9 Å². The van der Waals surface area contributed by atoms with Crippen molar-refractivity contribution in [2.45, 2.75) is 95.8 Å². The molecule has 2 amide bonds. The number of benzene rings is 2. The minimum atomic E-state index is -3.86. The number of Topliss-reactive ketones (excluding diaryl/α,β-unsaturated/α-hetero) is 1. The number of alkyl carbamates (subject to hydrolysis) is 1. The molecule has 6 rings (SSSR count). The summed E-state index contributed by atoms with van der Waals surface area (Å²) in [6.45, 7) is 10.9. The number of aromatic nitrogens is 1. The van der Waals surface area contributed by atoms with Gasteiger partial charge in [-0.2, -0.15) is 0 Å². The zero-order chi connectivity index (χ0) is 39.5. The number of carbonyl (C=O) groups excluding carboxylic acids is 3. The van der Waals surface area contributed by atoms with Crippen LogP contribution >= 0.6 is 7.37 Å². The van der Waals surface area contributed by atoms with Crippen molar-refractivity contribution in [2.75, 3.05) is 20.2 Å². The summed E-state index contributed by atoms with van der Waals surface area (Å²) in [6.07, 6.45) is 5.74. The molecule has 0 spiro atoms. The lowest BCUT2D eigenvalue weighted by Crippen LogP contribution is -2.57. The van der Waals surface area contributed by atoms with Crippen LogP contribution in [-0.4, -0.2) is 77.3 Å². The maximum absolute atomic E-state index is 14.7. The fraction of sp³-hybridized carbons (Fsp3) is 0.476. The van der Waals surface area contributed by atoms with Crippen molar-refractivity contribution >= 4 is 36.1 Å². The van der Waals surface area contributed by atoms with Gasteiger partial charge < -0.3 is 29.3 Å². The molecule has 2 aliphatic carbocycles. The van der Waals surface area contributed by atoms with Crippen molar-refractivity contribution < 1.29 is 43.0 Å². The second-order valence-electron chi connectivity index (χ2n) is 16.0. The summed E-state index contributed by atoms with van der Waals surface area (Å²) >= 11 is 0. The van der Waals surface area contributed by atoms with Gasteiger partial charge in [0, 0.05) is 17.9 Å². The highest BCUT2D eigenvalue weighted by Crippen LogP contribution is 2.70. The lowest BCUT2D eigenvalue weighted by atomic mass is 9.85. The number of H-pyrrole nitrogens is 1. The van der Waals surface area contributed by atoms with Crippen molar-refractivity contribution in [1.29, 1.82) is 0 Å². The number of aromatic amines is 1. The molecule has 2 heterocycles. The quantitative estimate of drug-likeness (QED) is 0.121. The largest absolute Gasteiger partial charge is 0.497 e. The standard InChI is InChI=1S/C42H53N4O8P/c1-7-20-55(50,51)42(24-28(42)8-2)43-25-36(47)35-22-31(26-46(35)39(48)38(41(3,4)5)45-40(49)54-29-16-12-13-17-29)53-37-23-33(27-14-10-9-11-15-27)44-34-21-30(52-6)18-19-32(34)37/h7-11,14-15,18-21,23,28-29,31,35,38,43H,2,12-13,16-17,22,24-26H2,1,3-6H3,(H,45,49)(H,50,51)/p+1/b20-7+/t28-,31?,35+,38-,42+/m1/s1. The third-order valence-corrected chi connectivity index (χ3v) is 13.6. The molecule has 0 radical (unpaired) electrons. The first kappa shape index (κ1) is 40.2. The van der Waals surface area contributed by atoms with E-state index in [1.165, 1.54) is 16.8 Å². The monoisotopic (exact) mass is 773 g/mol. The second kappa shape index (κ2) is 16.3. The van der Waals surface area contributed by atoms with E-state index in [0.717, 1.165) is 47.8 Å². The van der Waals surface area contributed by atoms with E-state index in [1.807, 2.05) is 75.4 Å². The molecule has 3 aromatic rings. The molecule has 13 heteroatoms. The van der Waals surface area contributed by atoms with E-state index in [2.05, 4.69) is 22.2 Å². The first-order valence-electron chi connectivity index (χ1n) is 19.1. The maximum atomic E-state index is 14.7. The maximum Gasteiger partial charge on any atom is 0.408 e. The number of rotatable bonds is 14. The third kappa shape index (κ3) is 8.67. The molecule has 12 nitrogen and oxygen atoms in total. The summed E-state index contributed by atoms with van der Waals surface area (Å²) in [4.78, 5) is 58.1. The van der Waals surface area contributed by atoms with E-state index >= 15 is 0 Å². The Hall–Kier alpha value is -4.51. The van der Waals surface area contributed by atoms with Gasteiger partial charge in [0.2, 0.25) is 24.5 Å². The topological polar surface area (TPSA) is 158 Å². The van der Waals surface area contributed by atoms with Crippen LogP contribution in [-0.2, 0) is 18.9 Å². The van der Waals surface area contributed by atoms with Gasteiger partial charge in [-0.25, -0.2) is 9.78 Å². The fourth-order valence-corrected chi connectivity index (χ4v) is 9.91. The lowest BCUT2D eigenvalue weighted by Gasteiger charge is -2.35. The predicted octanol–water partition coefficient (Wildman–Crippen LogP) is 6.63. The van der Waals surface area contributed by atoms with Gasteiger partial charge in [0.1, 0.15) is 35.0 Å². The van der Waals surface area contributed by atoms with Crippen LogP contribution in [0.25, 0.3) is 22.2 Å². The molecule has 2 unspecified atom stereocenters. The number of amides is 2. The molecule has 4 N–H and O–H groups in total. The third-order valence-electron chi connectivity index (χ3n) is 11.0. The molecular formula is C42H54N4O8P+. The van der Waals surface area contributed by atoms with Crippen LogP contribution < -0.4 is 25.1 Å². The Labute approximate surface area is 323 Å². The fourth-order valence-electron chi connectivity index (χ4n) is 7.90. The van der Waals surface area contributed by atoms with Crippen molar-refractivity contribution in [2.24, 2.45) is 11.3 Å². The van der Waals surface area contributed by atoms with Gasteiger partial charge in [0.25, 0.3) is 0 Å². The normalized spacial score (nSPS) is 24.3.